The van der Waals surface area contributed by atoms with Gasteiger partial charge >= 0.3 is 6.18 Å². The van der Waals surface area contributed by atoms with Gasteiger partial charge in [0.2, 0.25) is 0 Å². The molecule has 1 atom stereocenters. The maximum Gasteiger partial charge on any atom is 0.416 e. The number of hydrogen-bond donors (Lipinski definition) is 2. The van der Waals surface area contributed by atoms with Gasteiger partial charge in [-0.1, -0.05) is 0 Å². The molecule has 0 amide bonds. The molecule has 0 saturated carbocycles. The maximum absolute atomic E-state index is 13.0. The molecule has 0 radical (unpaired) electrons. The fourth-order valence-electron chi connectivity index (χ4n) is 2.51. The van der Waals surface area contributed by atoms with Crippen molar-refractivity contribution in [1.82, 2.24) is 14.6 Å². The molecule has 3 rings (SSSR count). The van der Waals surface area contributed by atoms with E-state index >= 15 is 0 Å². The number of alkyl halides is 3. The Hall–Kier alpha value is -2.97. The second kappa shape index (κ2) is 6.15. The molecule has 0 aliphatic heterocycles. The summed E-state index contributed by atoms with van der Waals surface area (Å²) >= 11 is 0. The maximum atomic E-state index is 13.0. The molecule has 0 spiro atoms. The average molecular weight is 351 g/mol. The van der Waals surface area contributed by atoms with Crippen molar-refractivity contribution in [2.75, 3.05) is 18.2 Å². The van der Waals surface area contributed by atoms with E-state index in [-0.39, 0.29) is 5.69 Å². The first kappa shape index (κ1) is 16.9. The smallest absolute Gasteiger partial charge is 0.416 e. The summed E-state index contributed by atoms with van der Waals surface area (Å²) in [6.07, 6.45) is -1.43. The first-order valence-electron chi connectivity index (χ1n) is 7.39. The minimum absolute atomic E-state index is 0.0515. The van der Waals surface area contributed by atoms with Crippen molar-refractivity contribution in [3.63, 3.8) is 0 Å². The van der Waals surface area contributed by atoms with E-state index in [4.69, 9.17) is 10.5 Å². The molecule has 25 heavy (non-hydrogen) atoms. The van der Waals surface area contributed by atoms with Gasteiger partial charge in [-0.25, -0.2) is 9.50 Å². The normalized spacial score (nSPS) is 13.0. The minimum Gasteiger partial charge on any atom is -0.495 e. The zero-order chi connectivity index (χ0) is 18.2. The van der Waals surface area contributed by atoms with Crippen molar-refractivity contribution in [3.8, 4) is 5.75 Å². The lowest BCUT2D eigenvalue weighted by atomic mass is 10.0. The molecule has 0 aliphatic rings. The van der Waals surface area contributed by atoms with E-state index in [1.807, 2.05) is 0 Å². The van der Waals surface area contributed by atoms with Crippen LogP contribution in [0.15, 0.2) is 36.8 Å². The van der Waals surface area contributed by atoms with Crippen LogP contribution in [0.1, 0.15) is 24.1 Å². The van der Waals surface area contributed by atoms with Crippen molar-refractivity contribution >= 4 is 17.0 Å². The Labute approximate surface area is 141 Å². The molecule has 132 valence electrons. The molecule has 3 aromatic rings. The molecular weight excluding hydrogens is 335 g/mol. The predicted octanol–water partition coefficient (Wildman–Crippen LogP) is 3.51. The van der Waals surface area contributed by atoms with Gasteiger partial charge in [-0.2, -0.15) is 18.3 Å². The number of rotatable bonds is 4. The monoisotopic (exact) mass is 351 g/mol. The van der Waals surface area contributed by atoms with Crippen LogP contribution in [0.2, 0.25) is 0 Å². The van der Waals surface area contributed by atoms with Crippen LogP contribution < -0.4 is 15.8 Å². The van der Waals surface area contributed by atoms with Gasteiger partial charge in [0, 0.05) is 11.8 Å². The summed E-state index contributed by atoms with van der Waals surface area (Å²) in [6, 6.07) is 4.77. The molecule has 2 aromatic heterocycles. The highest BCUT2D eigenvalue weighted by atomic mass is 19.4. The van der Waals surface area contributed by atoms with Crippen LogP contribution in [0, 0.1) is 0 Å². The standard InChI is InChI=1S/C16H16F3N5O/c1-9(10-3-11(16(17,18)19)5-12(20)4-10)23-15-14-6-13(25-2)7-24(14)22-8-21-15/h3-9H,20H2,1-2H3,(H,21,22,23)/t9-/m1/s1. The largest absolute Gasteiger partial charge is 0.495 e. The van der Waals surface area contributed by atoms with Gasteiger partial charge in [-0.15, -0.1) is 0 Å². The molecule has 1 aromatic carbocycles. The number of methoxy groups -OCH3 is 1. The Morgan fingerprint density at radius 3 is 2.68 bits per heavy atom. The lowest BCUT2D eigenvalue weighted by Gasteiger charge is -2.18. The van der Waals surface area contributed by atoms with Crippen LogP contribution in [-0.2, 0) is 6.18 Å². The van der Waals surface area contributed by atoms with Crippen LogP contribution in [0.3, 0.4) is 0 Å². The number of nitrogen functional groups attached to an aromatic ring is 1. The Morgan fingerprint density at radius 1 is 1.24 bits per heavy atom. The molecule has 2 heterocycles. The number of ether oxygens (including phenoxy) is 1. The van der Waals surface area contributed by atoms with E-state index in [2.05, 4.69) is 15.4 Å². The fraction of sp³-hybridized carbons (Fsp3) is 0.250. The highest BCUT2D eigenvalue weighted by Crippen LogP contribution is 2.33. The van der Waals surface area contributed by atoms with Crippen LogP contribution in [0.25, 0.3) is 5.52 Å². The van der Waals surface area contributed by atoms with Crippen LogP contribution >= 0.6 is 0 Å². The van der Waals surface area contributed by atoms with Crippen molar-refractivity contribution in [3.05, 3.63) is 47.9 Å². The number of hydrogen-bond acceptors (Lipinski definition) is 5. The zero-order valence-electron chi connectivity index (χ0n) is 13.5. The van der Waals surface area contributed by atoms with Gasteiger partial charge in [0.05, 0.1) is 24.9 Å². The van der Waals surface area contributed by atoms with Gasteiger partial charge in [0.15, 0.2) is 5.82 Å². The third kappa shape index (κ3) is 3.44. The number of nitrogens with one attached hydrogen (secondary N) is 1. The highest BCUT2D eigenvalue weighted by molar-refractivity contribution is 5.70. The van der Waals surface area contributed by atoms with Gasteiger partial charge in [-0.05, 0) is 30.7 Å². The van der Waals surface area contributed by atoms with Crippen molar-refractivity contribution in [2.24, 2.45) is 0 Å². The topological polar surface area (TPSA) is 77.5 Å². The molecule has 9 heteroatoms. The van der Waals surface area contributed by atoms with Crippen molar-refractivity contribution in [2.45, 2.75) is 19.1 Å². The van der Waals surface area contributed by atoms with Crippen molar-refractivity contribution < 1.29 is 17.9 Å². The first-order valence-corrected chi connectivity index (χ1v) is 7.39. The number of benzene rings is 1. The summed E-state index contributed by atoms with van der Waals surface area (Å²) < 4.78 is 45.6. The summed E-state index contributed by atoms with van der Waals surface area (Å²) in [6.45, 7) is 1.73. The van der Waals surface area contributed by atoms with Crippen LogP contribution in [0.5, 0.6) is 5.75 Å². The Balaban J connectivity index is 1.94. The van der Waals surface area contributed by atoms with Crippen LogP contribution in [0.4, 0.5) is 24.7 Å². The number of nitrogens with zero attached hydrogens (tertiary/aromatic N) is 3. The molecule has 6 nitrogen and oxygen atoms in total. The summed E-state index contributed by atoms with van der Waals surface area (Å²) in [5, 5.41) is 7.16. The third-order valence-corrected chi connectivity index (χ3v) is 3.77. The zero-order valence-corrected chi connectivity index (χ0v) is 13.5. The van der Waals surface area contributed by atoms with Gasteiger partial charge in [-0.3, -0.25) is 0 Å². The summed E-state index contributed by atoms with van der Waals surface area (Å²) in [4.78, 5) is 4.16. The second-order valence-electron chi connectivity index (χ2n) is 5.57. The van der Waals surface area contributed by atoms with Crippen LogP contribution in [-0.4, -0.2) is 21.7 Å². The number of aromatic nitrogens is 3. The molecule has 3 N–H and O–H groups in total. The van der Waals surface area contributed by atoms with Gasteiger partial charge in [0.25, 0.3) is 0 Å². The van der Waals surface area contributed by atoms with E-state index in [0.29, 0.717) is 22.6 Å². The molecule has 0 aliphatic carbocycles. The van der Waals surface area contributed by atoms with E-state index < -0.39 is 17.8 Å². The Morgan fingerprint density at radius 2 is 2.00 bits per heavy atom. The fourth-order valence-corrected chi connectivity index (χ4v) is 2.51. The molecular formula is C16H16F3N5O. The number of anilines is 2. The molecule has 0 unspecified atom stereocenters. The number of halogens is 3. The summed E-state index contributed by atoms with van der Waals surface area (Å²) in [5.74, 6) is 1.07. The summed E-state index contributed by atoms with van der Waals surface area (Å²) in [5.41, 5.74) is 5.94. The molecule has 0 bridgehead atoms. The highest BCUT2D eigenvalue weighted by Gasteiger charge is 2.31. The SMILES string of the molecule is COc1cc2c(N[C@H](C)c3cc(N)cc(C(F)(F)F)c3)ncnn2c1. The molecule has 0 saturated heterocycles. The predicted molar refractivity (Wildman–Crippen MR) is 87.4 cm³/mol. The Kier molecular flexibility index (Phi) is 4.15. The quantitative estimate of drug-likeness (QED) is 0.704. The van der Waals surface area contributed by atoms with Gasteiger partial charge < -0.3 is 15.8 Å². The third-order valence-electron chi connectivity index (χ3n) is 3.77. The number of nitrogens with two attached hydrogens (primary N) is 1. The number of fused-ring (bicyclic) bond motifs is 1. The average Bonchev–Trinajstić information content (AvgIpc) is 2.97. The van der Waals surface area contributed by atoms with E-state index in [1.165, 1.54) is 19.5 Å². The van der Waals surface area contributed by atoms with E-state index in [1.54, 1.807) is 23.7 Å². The van der Waals surface area contributed by atoms with E-state index in [0.717, 1.165) is 12.1 Å². The second-order valence-corrected chi connectivity index (χ2v) is 5.57. The summed E-state index contributed by atoms with van der Waals surface area (Å²) in [7, 11) is 1.53. The first-order chi connectivity index (χ1) is 11.8. The van der Waals surface area contributed by atoms with E-state index in [9.17, 15) is 13.2 Å². The minimum atomic E-state index is -4.46. The lowest BCUT2D eigenvalue weighted by Crippen LogP contribution is -2.12. The Bertz CT molecular complexity index is 906. The lowest BCUT2D eigenvalue weighted by molar-refractivity contribution is -0.137. The van der Waals surface area contributed by atoms with Gasteiger partial charge in [0.1, 0.15) is 17.6 Å². The molecule has 0 fully saturated rings. The van der Waals surface area contributed by atoms with Crippen molar-refractivity contribution in [1.29, 1.82) is 0 Å².